The number of hydrogen-bond donors (Lipinski definition) is 1. The highest BCUT2D eigenvalue weighted by molar-refractivity contribution is 7.71. The van der Waals surface area contributed by atoms with Crippen LogP contribution >= 0.6 is 23.6 Å². The van der Waals surface area contributed by atoms with Crippen LogP contribution in [0.15, 0.2) is 34.4 Å². The minimum atomic E-state index is -0.333. The molecule has 0 saturated heterocycles. The molecular formula is C15H13FN2OS2. The smallest absolute Gasteiger partial charge is 0.263 e. The number of halogens is 1. The molecule has 2 aromatic heterocycles. The lowest BCUT2D eigenvalue weighted by Gasteiger charge is -2.16. The van der Waals surface area contributed by atoms with Crippen molar-refractivity contribution in [1.29, 1.82) is 0 Å². The molecule has 2 heterocycles. The van der Waals surface area contributed by atoms with Gasteiger partial charge in [-0.05, 0) is 54.7 Å². The van der Waals surface area contributed by atoms with Crippen molar-refractivity contribution in [2.24, 2.45) is 0 Å². The van der Waals surface area contributed by atoms with Gasteiger partial charge in [0.1, 0.15) is 10.6 Å². The van der Waals surface area contributed by atoms with Gasteiger partial charge in [0, 0.05) is 0 Å². The van der Waals surface area contributed by atoms with Gasteiger partial charge in [-0.25, -0.2) is 4.39 Å². The Balaban J connectivity index is 2.21. The Morgan fingerprint density at radius 1 is 1.38 bits per heavy atom. The third kappa shape index (κ3) is 2.34. The summed E-state index contributed by atoms with van der Waals surface area (Å²) in [7, 11) is 0. The maximum Gasteiger partial charge on any atom is 0.263 e. The van der Waals surface area contributed by atoms with Crippen molar-refractivity contribution in [3.8, 4) is 0 Å². The molecule has 1 unspecified atom stereocenters. The summed E-state index contributed by atoms with van der Waals surface area (Å²) in [5.74, 6) is -0.279. The van der Waals surface area contributed by atoms with Gasteiger partial charge in [-0.2, -0.15) is 0 Å². The van der Waals surface area contributed by atoms with E-state index in [0.717, 1.165) is 4.83 Å². The van der Waals surface area contributed by atoms with E-state index in [1.165, 1.54) is 22.0 Å². The van der Waals surface area contributed by atoms with E-state index in [1.54, 1.807) is 19.1 Å². The largest absolute Gasteiger partial charge is 0.323 e. The predicted octanol–water partition coefficient (Wildman–Crippen LogP) is 4.18. The van der Waals surface area contributed by atoms with E-state index < -0.39 is 0 Å². The van der Waals surface area contributed by atoms with Crippen LogP contribution in [-0.4, -0.2) is 9.55 Å². The lowest BCUT2D eigenvalue weighted by atomic mass is 10.1. The molecule has 0 fully saturated rings. The van der Waals surface area contributed by atoms with Crippen molar-refractivity contribution < 1.29 is 4.39 Å². The van der Waals surface area contributed by atoms with Crippen LogP contribution in [0.5, 0.6) is 0 Å². The summed E-state index contributed by atoms with van der Waals surface area (Å²) in [6.07, 6.45) is 0. The number of aromatic amines is 1. The fraction of sp³-hybridized carbons (Fsp3) is 0.200. The monoisotopic (exact) mass is 320 g/mol. The normalized spacial score (nSPS) is 12.7. The Bertz CT molecular complexity index is 939. The quantitative estimate of drug-likeness (QED) is 0.719. The highest BCUT2D eigenvalue weighted by atomic mass is 32.1. The molecule has 0 aliphatic heterocycles. The van der Waals surface area contributed by atoms with E-state index >= 15 is 0 Å². The summed E-state index contributed by atoms with van der Waals surface area (Å²) in [4.78, 5) is 16.4. The van der Waals surface area contributed by atoms with E-state index in [2.05, 4.69) is 4.98 Å². The third-order valence-electron chi connectivity index (χ3n) is 3.62. The molecule has 0 saturated carbocycles. The molecule has 0 aliphatic rings. The van der Waals surface area contributed by atoms with E-state index in [0.29, 0.717) is 21.3 Å². The molecule has 1 N–H and O–H groups in total. The molecule has 0 amide bonds. The first-order valence-electron chi connectivity index (χ1n) is 6.47. The molecular weight excluding hydrogens is 307 g/mol. The predicted molar refractivity (Wildman–Crippen MR) is 86.2 cm³/mol. The Kier molecular flexibility index (Phi) is 3.51. The minimum absolute atomic E-state index is 0.150. The number of benzene rings is 1. The summed E-state index contributed by atoms with van der Waals surface area (Å²) in [6.45, 7) is 3.55. The fourth-order valence-electron chi connectivity index (χ4n) is 2.32. The zero-order valence-electron chi connectivity index (χ0n) is 11.5. The van der Waals surface area contributed by atoms with Crippen LogP contribution in [0, 0.1) is 17.5 Å². The Morgan fingerprint density at radius 3 is 2.86 bits per heavy atom. The number of fused-ring (bicyclic) bond motifs is 1. The van der Waals surface area contributed by atoms with E-state index in [9.17, 15) is 9.18 Å². The van der Waals surface area contributed by atoms with Gasteiger partial charge in [0.15, 0.2) is 4.77 Å². The Hall–Kier alpha value is -1.79. The van der Waals surface area contributed by atoms with E-state index in [-0.39, 0.29) is 17.4 Å². The van der Waals surface area contributed by atoms with Crippen molar-refractivity contribution in [2.45, 2.75) is 19.9 Å². The van der Waals surface area contributed by atoms with Gasteiger partial charge in [-0.3, -0.25) is 9.36 Å². The molecule has 6 heteroatoms. The first-order valence-corrected chi connectivity index (χ1v) is 7.76. The van der Waals surface area contributed by atoms with Crippen LogP contribution in [-0.2, 0) is 0 Å². The average Bonchev–Trinajstić information content (AvgIpc) is 2.90. The number of thiophene rings is 1. The van der Waals surface area contributed by atoms with Crippen molar-refractivity contribution >= 4 is 33.8 Å². The van der Waals surface area contributed by atoms with Crippen LogP contribution in [0.1, 0.15) is 24.1 Å². The third-order valence-corrected chi connectivity index (χ3v) is 4.75. The average molecular weight is 320 g/mol. The second-order valence-corrected chi connectivity index (χ2v) is 6.26. The molecule has 3 rings (SSSR count). The van der Waals surface area contributed by atoms with E-state index in [4.69, 9.17) is 12.2 Å². The molecule has 21 heavy (non-hydrogen) atoms. The summed E-state index contributed by atoms with van der Waals surface area (Å²) < 4.78 is 15.6. The second-order valence-electron chi connectivity index (χ2n) is 4.95. The molecule has 3 nitrogen and oxygen atoms in total. The molecule has 1 atom stereocenters. The first kappa shape index (κ1) is 14.2. The molecule has 0 spiro atoms. The van der Waals surface area contributed by atoms with Gasteiger partial charge in [0.25, 0.3) is 5.56 Å². The Morgan fingerprint density at radius 2 is 2.14 bits per heavy atom. The maximum absolute atomic E-state index is 13.7. The van der Waals surface area contributed by atoms with Crippen LogP contribution in [0.25, 0.3) is 10.2 Å². The summed E-state index contributed by atoms with van der Waals surface area (Å²) in [5.41, 5.74) is 1.15. The number of nitrogens with one attached hydrogen (secondary N) is 1. The minimum Gasteiger partial charge on any atom is -0.323 e. The molecule has 0 bridgehead atoms. The van der Waals surface area contributed by atoms with Crippen molar-refractivity contribution in [2.75, 3.05) is 0 Å². The Labute approximate surface area is 129 Å². The lowest BCUT2D eigenvalue weighted by molar-refractivity contribution is 0.581. The molecule has 0 radical (unpaired) electrons. The van der Waals surface area contributed by atoms with Crippen molar-refractivity contribution in [3.63, 3.8) is 0 Å². The topological polar surface area (TPSA) is 37.8 Å². The number of nitrogens with zero attached hydrogens (tertiary/aromatic N) is 1. The molecule has 3 aromatic rings. The number of aryl methyl sites for hydroxylation is 1. The van der Waals surface area contributed by atoms with E-state index in [1.807, 2.05) is 18.4 Å². The SMILES string of the molecule is Cc1ccc(C(C)n2c(=S)[nH]c3sccc3c2=O)cc1F. The zero-order chi connectivity index (χ0) is 15.1. The molecule has 0 aliphatic carbocycles. The standard InChI is InChI=1S/C15H13FN2OS2/c1-8-3-4-10(7-12(8)16)9(2)18-14(19)11-5-6-21-13(11)17-15(18)20/h3-7,9H,1-2H3,(H,17,20). The van der Waals surface area contributed by atoms with Gasteiger partial charge in [-0.15, -0.1) is 11.3 Å². The second kappa shape index (κ2) is 5.20. The molecule has 108 valence electrons. The van der Waals surface area contributed by atoms with Gasteiger partial charge in [0.2, 0.25) is 0 Å². The maximum atomic E-state index is 13.7. The van der Waals surface area contributed by atoms with Gasteiger partial charge in [0.05, 0.1) is 11.4 Å². The van der Waals surface area contributed by atoms with Crippen LogP contribution in [0.2, 0.25) is 0 Å². The number of hydrogen-bond acceptors (Lipinski definition) is 3. The fourth-order valence-corrected chi connectivity index (χ4v) is 3.51. The van der Waals surface area contributed by atoms with Crippen molar-refractivity contribution in [1.82, 2.24) is 9.55 Å². The van der Waals surface area contributed by atoms with Crippen LogP contribution in [0.3, 0.4) is 0 Å². The highest BCUT2D eigenvalue weighted by Gasteiger charge is 2.15. The summed E-state index contributed by atoms with van der Waals surface area (Å²) >= 11 is 6.73. The van der Waals surface area contributed by atoms with Crippen molar-refractivity contribution in [3.05, 3.63) is 61.7 Å². The number of aromatic nitrogens is 2. The lowest BCUT2D eigenvalue weighted by Crippen LogP contribution is -2.25. The number of rotatable bonds is 2. The molecule has 1 aromatic carbocycles. The van der Waals surface area contributed by atoms with Crippen LogP contribution in [0.4, 0.5) is 4.39 Å². The summed E-state index contributed by atoms with van der Waals surface area (Å²) in [6, 6.07) is 6.43. The zero-order valence-corrected chi connectivity index (χ0v) is 13.1. The van der Waals surface area contributed by atoms with Crippen LogP contribution < -0.4 is 5.56 Å². The van der Waals surface area contributed by atoms with Gasteiger partial charge >= 0.3 is 0 Å². The highest BCUT2D eigenvalue weighted by Crippen LogP contribution is 2.21. The first-order chi connectivity index (χ1) is 9.99. The van der Waals surface area contributed by atoms with Gasteiger partial charge in [-0.1, -0.05) is 12.1 Å². The summed E-state index contributed by atoms with van der Waals surface area (Å²) in [5, 5.41) is 2.45. The van der Waals surface area contributed by atoms with Gasteiger partial charge < -0.3 is 4.98 Å². The number of H-pyrrole nitrogens is 1.